The SMILES string of the molecule is CC1CCC2C(CCCN2C(=O)c2cnsn2)C1. The summed E-state index contributed by atoms with van der Waals surface area (Å²) in [5.74, 6) is 1.62. The minimum atomic E-state index is 0.0907. The van der Waals surface area contributed by atoms with Gasteiger partial charge in [-0.3, -0.25) is 4.79 Å². The number of likely N-dealkylation sites (tertiary alicyclic amines) is 1. The molecule has 0 aromatic carbocycles. The van der Waals surface area contributed by atoms with E-state index in [0.717, 1.165) is 37.0 Å². The second-order valence-corrected chi connectivity index (χ2v) is 6.24. The monoisotopic (exact) mass is 265 g/mol. The van der Waals surface area contributed by atoms with Crippen LogP contribution in [0.25, 0.3) is 0 Å². The average Bonchev–Trinajstić information content (AvgIpc) is 2.90. The third-order valence-corrected chi connectivity index (χ3v) is 4.90. The maximum atomic E-state index is 12.4. The Hall–Kier alpha value is -0.970. The van der Waals surface area contributed by atoms with E-state index in [0.29, 0.717) is 17.7 Å². The number of piperidine rings is 1. The van der Waals surface area contributed by atoms with Crippen LogP contribution in [0.2, 0.25) is 0 Å². The number of rotatable bonds is 1. The summed E-state index contributed by atoms with van der Waals surface area (Å²) in [5.41, 5.74) is 0.527. The molecule has 1 saturated heterocycles. The number of fused-ring (bicyclic) bond motifs is 1. The van der Waals surface area contributed by atoms with Gasteiger partial charge in [-0.15, -0.1) is 0 Å². The van der Waals surface area contributed by atoms with Crippen molar-refractivity contribution >= 4 is 17.6 Å². The Bertz CT molecular complexity index is 420. The lowest BCUT2D eigenvalue weighted by Crippen LogP contribution is -2.50. The van der Waals surface area contributed by atoms with E-state index in [-0.39, 0.29) is 5.91 Å². The van der Waals surface area contributed by atoms with E-state index in [1.165, 1.54) is 19.3 Å². The van der Waals surface area contributed by atoms with Gasteiger partial charge in [-0.05, 0) is 43.9 Å². The maximum absolute atomic E-state index is 12.4. The Kier molecular flexibility index (Phi) is 3.33. The van der Waals surface area contributed by atoms with Crippen molar-refractivity contribution in [2.75, 3.05) is 6.54 Å². The van der Waals surface area contributed by atoms with E-state index in [9.17, 15) is 4.79 Å². The van der Waals surface area contributed by atoms with Gasteiger partial charge in [0.15, 0.2) is 5.69 Å². The van der Waals surface area contributed by atoms with Gasteiger partial charge in [0.1, 0.15) is 0 Å². The summed E-state index contributed by atoms with van der Waals surface area (Å²) in [6, 6.07) is 0.448. The van der Waals surface area contributed by atoms with Crippen LogP contribution >= 0.6 is 11.7 Å². The molecule has 1 amide bonds. The fraction of sp³-hybridized carbons (Fsp3) is 0.769. The molecule has 0 radical (unpaired) electrons. The third kappa shape index (κ3) is 2.16. The van der Waals surface area contributed by atoms with E-state index in [1.54, 1.807) is 6.20 Å². The maximum Gasteiger partial charge on any atom is 0.275 e. The highest BCUT2D eigenvalue weighted by atomic mass is 32.1. The average molecular weight is 265 g/mol. The van der Waals surface area contributed by atoms with Crippen molar-refractivity contribution in [3.8, 4) is 0 Å². The summed E-state index contributed by atoms with van der Waals surface area (Å²) in [4.78, 5) is 14.5. The standard InChI is InChI=1S/C13H19N3OS/c1-9-4-5-12-10(7-9)3-2-6-16(12)13(17)11-8-14-18-15-11/h8-10,12H,2-7H2,1H3. The van der Waals surface area contributed by atoms with Crippen LogP contribution in [0.3, 0.4) is 0 Å². The van der Waals surface area contributed by atoms with Gasteiger partial charge in [-0.1, -0.05) is 6.92 Å². The molecule has 2 heterocycles. The first-order valence-electron chi connectivity index (χ1n) is 6.84. The summed E-state index contributed by atoms with van der Waals surface area (Å²) in [5, 5.41) is 0. The lowest BCUT2D eigenvalue weighted by atomic mass is 9.74. The predicted octanol–water partition coefficient (Wildman–Crippen LogP) is 2.58. The van der Waals surface area contributed by atoms with Crippen molar-refractivity contribution < 1.29 is 4.79 Å². The zero-order valence-corrected chi connectivity index (χ0v) is 11.5. The number of carbonyl (C=O) groups excluding carboxylic acids is 1. The van der Waals surface area contributed by atoms with Gasteiger partial charge in [0.2, 0.25) is 0 Å². The molecule has 3 unspecified atom stereocenters. The lowest BCUT2D eigenvalue weighted by Gasteiger charge is -2.45. The zero-order chi connectivity index (χ0) is 12.5. The summed E-state index contributed by atoms with van der Waals surface area (Å²) in [7, 11) is 0. The van der Waals surface area contributed by atoms with Crippen LogP contribution in [0.5, 0.6) is 0 Å². The molecule has 4 nitrogen and oxygen atoms in total. The van der Waals surface area contributed by atoms with E-state index >= 15 is 0 Å². The summed E-state index contributed by atoms with van der Waals surface area (Å²) < 4.78 is 8.02. The molecule has 2 fully saturated rings. The second-order valence-electron chi connectivity index (χ2n) is 5.68. The van der Waals surface area contributed by atoms with Gasteiger partial charge in [0, 0.05) is 12.6 Å². The summed E-state index contributed by atoms with van der Waals surface area (Å²) in [6.07, 6.45) is 7.71. The normalized spacial score (nSPS) is 32.1. The first-order chi connectivity index (χ1) is 8.75. The van der Waals surface area contributed by atoms with Crippen LogP contribution in [-0.4, -0.2) is 32.1 Å². The highest BCUT2D eigenvalue weighted by Crippen LogP contribution is 2.38. The van der Waals surface area contributed by atoms with Crippen LogP contribution in [0.1, 0.15) is 49.5 Å². The number of amides is 1. The van der Waals surface area contributed by atoms with Crippen molar-refractivity contribution in [2.24, 2.45) is 11.8 Å². The number of carbonyl (C=O) groups is 1. The van der Waals surface area contributed by atoms with Gasteiger partial charge >= 0.3 is 0 Å². The molecule has 1 aliphatic carbocycles. The highest BCUT2D eigenvalue weighted by molar-refractivity contribution is 6.99. The van der Waals surface area contributed by atoms with Gasteiger partial charge in [-0.2, -0.15) is 8.75 Å². The molecule has 1 aromatic rings. The van der Waals surface area contributed by atoms with Crippen LogP contribution in [0.4, 0.5) is 0 Å². The quantitative estimate of drug-likeness (QED) is 0.784. The molecule has 98 valence electrons. The molecule has 0 spiro atoms. The number of nitrogens with zero attached hydrogens (tertiary/aromatic N) is 3. The highest BCUT2D eigenvalue weighted by Gasteiger charge is 2.38. The van der Waals surface area contributed by atoms with E-state index in [4.69, 9.17) is 0 Å². The van der Waals surface area contributed by atoms with Crippen molar-refractivity contribution in [1.82, 2.24) is 13.6 Å². The summed E-state index contributed by atoms with van der Waals surface area (Å²) >= 11 is 1.11. The molecular formula is C13H19N3OS. The van der Waals surface area contributed by atoms with Crippen LogP contribution < -0.4 is 0 Å². The van der Waals surface area contributed by atoms with Crippen LogP contribution in [0, 0.1) is 11.8 Å². The topological polar surface area (TPSA) is 46.1 Å². The number of hydrogen-bond acceptors (Lipinski definition) is 4. The molecule has 1 aliphatic heterocycles. The molecule has 1 aromatic heterocycles. The molecule has 18 heavy (non-hydrogen) atoms. The largest absolute Gasteiger partial charge is 0.334 e. The van der Waals surface area contributed by atoms with E-state index in [2.05, 4.69) is 20.6 Å². The van der Waals surface area contributed by atoms with E-state index in [1.807, 2.05) is 0 Å². The third-order valence-electron chi connectivity index (χ3n) is 4.42. The molecule has 0 bridgehead atoms. The number of hydrogen-bond donors (Lipinski definition) is 0. The number of aromatic nitrogens is 2. The van der Waals surface area contributed by atoms with Crippen molar-refractivity contribution in [2.45, 2.75) is 45.1 Å². The molecule has 0 N–H and O–H groups in total. The van der Waals surface area contributed by atoms with Crippen molar-refractivity contribution in [3.05, 3.63) is 11.9 Å². The second kappa shape index (κ2) is 4.96. The Balaban J connectivity index is 1.77. The minimum absolute atomic E-state index is 0.0907. The Morgan fingerprint density at radius 1 is 1.44 bits per heavy atom. The van der Waals surface area contributed by atoms with Crippen molar-refractivity contribution in [1.29, 1.82) is 0 Å². The Morgan fingerprint density at radius 2 is 2.33 bits per heavy atom. The Morgan fingerprint density at radius 3 is 3.11 bits per heavy atom. The molecule has 2 aliphatic rings. The van der Waals surface area contributed by atoms with E-state index < -0.39 is 0 Å². The molecule has 3 rings (SSSR count). The zero-order valence-electron chi connectivity index (χ0n) is 10.7. The molecule has 3 atom stereocenters. The predicted molar refractivity (Wildman–Crippen MR) is 70.5 cm³/mol. The van der Waals surface area contributed by atoms with Gasteiger partial charge < -0.3 is 4.90 Å². The molecule has 1 saturated carbocycles. The first kappa shape index (κ1) is 12.1. The fourth-order valence-electron chi connectivity index (χ4n) is 3.55. The summed E-state index contributed by atoms with van der Waals surface area (Å²) in [6.45, 7) is 3.23. The first-order valence-corrected chi connectivity index (χ1v) is 7.57. The van der Waals surface area contributed by atoms with Crippen LogP contribution in [-0.2, 0) is 0 Å². The molecule has 5 heteroatoms. The van der Waals surface area contributed by atoms with Crippen molar-refractivity contribution in [3.63, 3.8) is 0 Å². The van der Waals surface area contributed by atoms with Crippen LogP contribution in [0.15, 0.2) is 6.20 Å². The minimum Gasteiger partial charge on any atom is -0.334 e. The lowest BCUT2D eigenvalue weighted by molar-refractivity contribution is 0.0318. The fourth-order valence-corrected chi connectivity index (χ4v) is 3.96. The van der Waals surface area contributed by atoms with Gasteiger partial charge in [0.05, 0.1) is 17.9 Å². The molecular weight excluding hydrogens is 246 g/mol. The van der Waals surface area contributed by atoms with Gasteiger partial charge in [0.25, 0.3) is 5.91 Å². The van der Waals surface area contributed by atoms with Gasteiger partial charge in [-0.25, -0.2) is 0 Å². The smallest absolute Gasteiger partial charge is 0.275 e. The Labute approximate surface area is 112 Å².